The first-order chi connectivity index (χ1) is 13.0. The van der Waals surface area contributed by atoms with Gasteiger partial charge in [-0.25, -0.2) is 13.4 Å². The van der Waals surface area contributed by atoms with Crippen molar-refractivity contribution >= 4 is 32.2 Å². The van der Waals surface area contributed by atoms with E-state index in [0.29, 0.717) is 11.7 Å². The zero-order valence-electron chi connectivity index (χ0n) is 14.4. The molecule has 2 heterocycles. The van der Waals surface area contributed by atoms with Crippen LogP contribution in [0.25, 0.3) is 11.3 Å². The topological polar surface area (TPSA) is 85.4 Å². The van der Waals surface area contributed by atoms with Gasteiger partial charge in [-0.3, -0.25) is 10.1 Å². The third-order valence-electron chi connectivity index (χ3n) is 4.27. The predicted octanol–water partition coefficient (Wildman–Crippen LogP) is 3.75. The molecule has 2 aromatic carbocycles. The Morgan fingerprint density at radius 1 is 1.19 bits per heavy atom. The van der Waals surface area contributed by atoms with Crippen molar-refractivity contribution in [2.45, 2.75) is 18.4 Å². The Morgan fingerprint density at radius 2 is 1.93 bits per heavy atom. The molecule has 138 valence electrons. The van der Waals surface area contributed by atoms with Crippen molar-refractivity contribution in [3.05, 3.63) is 59.0 Å². The van der Waals surface area contributed by atoms with Crippen LogP contribution < -0.4 is 10.1 Å². The quantitative estimate of drug-likeness (QED) is 0.721. The van der Waals surface area contributed by atoms with Gasteiger partial charge in [0.05, 0.1) is 26.8 Å². The fourth-order valence-corrected chi connectivity index (χ4v) is 4.87. The summed E-state index contributed by atoms with van der Waals surface area (Å²) in [5.41, 5.74) is 1.78. The van der Waals surface area contributed by atoms with Crippen LogP contribution in [0, 0.1) is 0 Å². The second kappa shape index (κ2) is 6.79. The molecule has 3 aromatic rings. The fraction of sp³-hybridized carbons (Fsp3) is 0.158. The van der Waals surface area contributed by atoms with E-state index in [-0.39, 0.29) is 16.2 Å². The molecule has 8 heteroatoms. The predicted molar refractivity (Wildman–Crippen MR) is 104 cm³/mol. The van der Waals surface area contributed by atoms with E-state index in [1.807, 2.05) is 24.3 Å². The third-order valence-corrected chi connectivity index (χ3v) is 7.00. The SMILES string of the molecule is CCS(=O)(=O)c1ccccc1C(=O)Nc1nc2c(s1)COc1ccccc1-2. The highest BCUT2D eigenvalue weighted by Crippen LogP contribution is 2.40. The Kier molecular flexibility index (Phi) is 4.45. The van der Waals surface area contributed by atoms with Crippen LogP contribution in [0.4, 0.5) is 5.13 Å². The highest BCUT2D eigenvalue weighted by atomic mass is 32.2. The number of benzene rings is 2. The maximum absolute atomic E-state index is 12.7. The van der Waals surface area contributed by atoms with E-state index in [0.717, 1.165) is 21.9 Å². The molecule has 6 nitrogen and oxygen atoms in total. The minimum atomic E-state index is -3.51. The highest BCUT2D eigenvalue weighted by Gasteiger charge is 2.24. The number of carbonyl (C=O) groups is 1. The maximum Gasteiger partial charge on any atom is 0.258 e. The minimum absolute atomic E-state index is 0.0278. The molecule has 0 atom stereocenters. The fourth-order valence-electron chi connectivity index (χ4n) is 2.89. The van der Waals surface area contributed by atoms with Gasteiger partial charge in [0.1, 0.15) is 12.4 Å². The summed E-state index contributed by atoms with van der Waals surface area (Å²) in [6.45, 7) is 1.94. The van der Waals surface area contributed by atoms with Crippen LogP contribution in [0.15, 0.2) is 53.4 Å². The van der Waals surface area contributed by atoms with Crippen LogP contribution in [0.1, 0.15) is 22.2 Å². The Morgan fingerprint density at radius 3 is 2.74 bits per heavy atom. The van der Waals surface area contributed by atoms with Crippen LogP contribution >= 0.6 is 11.3 Å². The number of fused-ring (bicyclic) bond motifs is 3. The third kappa shape index (κ3) is 3.22. The second-order valence-electron chi connectivity index (χ2n) is 5.93. The Bertz CT molecular complexity index is 1140. The van der Waals surface area contributed by atoms with Crippen molar-refractivity contribution in [3.8, 4) is 17.0 Å². The molecule has 1 aliphatic heterocycles. The molecule has 0 unspecified atom stereocenters. The highest BCUT2D eigenvalue weighted by molar-refractivity contribution is 7.91. The summed E-state index contributed by atoms with van der Waals surface area (Å²) in [7, 11) is -3.51. The smallest absolute Gasteiger partial charge is 0.258 e. The molecule has 0 saturated heterocycles. The van der Waals surface area contributed by atoms with Crippen molar-refractivity contribution in [2.24, 2.45) is 0 Å². The molecule has 0 bridgehead atoms. The first-order valence-corrected chi connectivity index (χ1v) is 10.8. The van der Waals surface area contributed by atoms with Gasteiger partial charge >= 0.3 is 0 Å². The number of amides is 1. The van der Waals surface area contributed by atoms with Gasteiger partial charge in [-0.2, -0.15) is 0 Å². The van der Waals surface area contributed by atoms with E-state index in [1.54, 1.807) is 19.1 Å². The molecule has 0 saturated carbocycles. The lowest BCUT2D eigenvalue weighted by Crippen LogP contribution is -2.17. The Labute approximate surface area is 160 Å². The van der Waals surface area contributed by atoms with Crippen molar-refractivity contribution in [1.29, 1.82) is 0 Å². The number of rotatable bonds is 4. The number of sulfone groups is 1. The van der Waals surface area contributed by atoms with E-state index in [4.69, 9.17) is 4.74 Å². The van der Waals surface area contributed by atoms with E-state index < -0.39 is 15.7 Å². The van der Waals surface area contributed by atoms with Crippen LogP contribution in [0.5, 0.6) is 5.75 Å². The van der Waals surface area contributed by atoms with Gasteiger partial charge in [0.25, 0.3) is 5.91 Å². The average molecular weight is 400 g/mol. The molecule has 4 rings (SSSR count). The number of nitrogens with zero attached hydrogens (tertiary/aromatic N) is 1. The lowest BCUT2D eigenvalue weighted by Gasteiger charge is -2.15. The standard InChI is InChI=1S/C19H16N2O4S2/c1-2-27(23,24)16-10-6-4-8-13(16)18(22)21-19-20-17-12-7-3-5-9-14(12)25-11-15(17)26-19/h3-10H,2,11H2,1H3,(H,20,21,22). The molecule has 1 amide bonds. The van der Waals surface area contributed by atoms with Gasteiger partial charge in [0.2, 0.25) is 0 Å². The molecular formula is C19H16N2O4S2. The summed E-state index contributed by atoms with van der Waals surface area (Å²) in [4.78, 5) is 18.2. The zero-order chi connectivity index (χ0) is 19.0. The number of anilines is 1. The van der Waals surface area contributed by atoms with Crippen molar-refractivity contribution < 1.29 is 17.9 Å². The first kappa shape index (κ1) is 17.7. The first-order valence-electron chi connectivity index (χ1n) is 8.34. The molecule has 0 aliphatic carbocycles. The van der Waals surface area contributed by atoms with Crippen molar-refractivity contribution in [3.63, 3.8) is 0 Å². The van der Waals surface area contributed by atoms with Gasteiger partial charge in [-0.15, -0.1) is 0 Å². The number of carbonyl (C=O) groups excluding carboxylic acids is 1. The molecule has 1 aromatic heterocycles. The van der Waals surface area contributed by atoms with Crippen LogP contribution in [0.2, 0.25) is 0 Å². The van der Waals surface area contributed by atoms with Crippen molar-refractivity contribution in [1.82, 2.24) is 4.98 Å². The molecule has 0 fully saturated rings. The van der Waals surface area contributed by atoms with Crippen molar-refractivity contribution in [2.75, 3.05) is 11.1 Å². The minimum Gasteiger partial charge on any atom is -0.487 e. The summed E-state index contributed by atoms with van der Waals surface area (Å²) < 4.78 is 30.2. The normalized spacial score (nSPS) is 12.6. The number of para-hydroxylation sites is 1. The van der Waals surface area contributed by atoms with E-state index in [2.05, 4.69) is 10.3 Å². The van der Waals surface area contributed by atoms with Crippen LogP contribution in [-0.2, 0) is 16.4 Å². The lowest BCUT2D eigenvalue weighted by atomic mass is 10.1. The molecule has 0 spiro atoms. The summed E-state index contributed by atoms with van der Waals surface area (Å²) in [6.07, 6.45) is 0. The molecule has 1 aliphatic rings. The summed E-state index contributed by atoms with van der Waals surface area (Å²) in [5, 5.41) is 3.14. The van der Waals surface area contributed by atoms with Gasteiger partial charge in [-0.1, -0.05) is 42.5 Å². The van der Waals surface area contributed by atoms with E-state index in [1.165, 1.54) is 23.5 Å². The number of ether oxygens (including phenoxy) is 1. The van der Waals surface area contributed by atoms with E-state index in [9.17, 15) is 13.2 Å². The number of thiazole rings is 1. The van der Waals surface area contributed by atoms with Crippen LogP contribution in [0.3, 0.4) is 0 Å². The number of hydrogen-bond acceptors (Lipinski definition) is 6. The maximum atomic E-state index is 12.7. The zero-order valence-corrected chi connectivity index (χ0v) is 16.1. The van der Waals surface area contributed by atoms with Gasteiger partial charge in [-0.05, 0) is 24.3 Å². The number of hydrogen-bond donors (Lipinski definition) is 1. The second-order valence-corrected chi connectivity index (χ2v) is 9.26. The number of nitrogens with one attached hydrogen (secondary N) is 1. The molecule has 1 N–H and O–H groups in total. The van der Waals surface area contributed by atoms with Gasteiger partial charge in [0, 0.05) is 5.56 Å². The Balaban J connectivity index is 1.66. The lowest BCUT2D eigenvalue weighted by molar-refractivity contribution is 0.102. The molecular weight excluding hydrogens is 384 g/mol. The van der Waals surface area contributed by atoms with Crippen LogP contribution in [-0.4, -0.2) is 25.1 Å². The van der Waals surface area contributed by atoms with Gasteiger partial charge in [0.15, 0.2) is 15.0 Å². The summed E-state index contributed by atoms with van der Waals surface area (Å²) >= 11 is 1.32. The number of aromatic nitrogens is 1. The monoisotopic (exact) mass is 400 g/mol. The summed E-state index contributed by atoms with van der Waals surface area (Å²) in [6, 6.07) is 13.8. The van der Waals surface area contributed by atoms with Gasteiger partial charge < -0.3 is 4.74 Å². The molecule has 0 radical (unpaired) electrons. The van der Waals surface area contributed by atoms with E-state index >= 15 is 0 Å². The molecule has 27 heavy (non-hydrogen) atoms. The summed E-state index contributed by atoms with van der Waals surface area (Å²) in [5.74, 6) is 0.187. The average Bonchev–Trinajstić information content (AvgIpc) is 3.11. The largest absolute Gasteiger partial charge is 0.487 e. The Hall–Kier alpha value is -2.71.